The first-order chi connectivity index (χ1) is 14.6. The summed E-state index contributed by atoms with van der Waals surface area (Å²) in [5.74, 6) is -0.650. The van der Waals surface area contributed by atoms with Crippen LogP contribution in [0.15, 0.2) is 47.8 Å². The molecular weight excluding hydrogens is 404 g/mol. The summed E-state index contributed by atoms with van der Waals surface area (Å²) in [6, 6.07) is 10.7. The SMILES string of the molecule is CCCCN(C(=O)c1ccc(F)cc1)N1CCN(c2csc3cc(F)ccc23)CC1. The molecule has 1 aliphatic heterocycles. The second-order valence-electron chi connectivity index (χ2n) is 7.49. The number of rotatable bonds is 6. The van der Waals surface area contributed by atoms with Gasteiger partial charge in [0.15, 0.2) is 0 Å². The summed E-state index contributed by atoms with van der Waals surface area (Å²) in [6.45, 7) is 5.74. The zero-order chi connectivity index (χ0) is 21.1. The van der Waals surface area contributed by atoms with Crippen LogP contribution in [0.5, 0.6) is 0 Å². The van der Waals surface area contributed by atoms with Gasteiger partial charge in [0.1, 0.15) is 11.6 Å². The second kappa shape index (κ2) is 9.10. The predicted molar refractivity (Wildman–Crippen MR) is 118 cm³/mol. The maximum Gasteiger partial charge on any atom is 0.268 e. The van der Waals surface area contributed by atoms with E-state index in [0.717, 1.165) is 54.8 Å². The molecule has 0 radical (unpaired) electrons. The van der Waals surface area contributed by atoms with E-state index in [2.05, 4.69) is 22.2 Å². The first-order valence-electron chi connectivity index (χ1n) is 10.3. The van der Waals surface area contributed by atoms with Crippen LogP contribution < -0.4 is 4.90 Å². The molecule has 1 fully saturated rings. The average molecular weight is 430 g/mol. The van der Waals surface area contributed by atoms with Gasteiger partial charge in [-0.05, 0) is 48.9 Å². The van der Waals surface area contributed by atoms with Crippen molar-refractivity contribution in [1.82, 2.24) is 10.0 Å². The molecule has 158 valence electrons. The van der Waals surface area contributed by atoms with E-state index in [1.165, 1.54) is 18.2 Å². The number of fused-ring (bicyclic) bond motifs is 1. The van der Waals surface area contributed by atoms with E-state index in [1.807, 2.05) is 11.1 Å². The van der Waals surface area contributed by atoms with Crippen molar-refractivity contribution in [2.24, 2.45) is 0 Å². The van der Waals surface area contributed by atoms with Crippen LogP contribution in [-0.2, 0) is 0 Å². The number of unbranched alkanes of at least 4 members (excludes halogenated alkanes) is 1. The van der Waals surface area contributed by atoms with Gasteiger partial charge in [0.05, 0.1) is 5.69 Å². The van der Waals surface area contributed by atoms with Crippen LogP contribution in [0.25, 0.3) is 10.1 Å². The topological polar surface area (TPSA) is 26.8 Å². The van der Waals surface area contributed by atoms with Crippen LogP contribution in [0.3, 0.4) is 0 Å². The number of hydrogen-bond donors (Lipinski definition) is 0. The Hall–Kier alpha value is -2.51. The molecule has 0 saturated carbocycles. The van der Waals surface area contributed by atoms with Crippen LogP contribution in [0.1, 0.15) is 30.1 Å². The molecular formula is C23H25F2N3OS. The molecule has 1 aliphatic rings. The Morgan fingerprint density at radius 2 is 1.73 bits per heavy atom. The Bertz CT molecular complexity index is 1010. The highest BCUT2D eigenvalue weighted by atomic mass is 32.1. The molecule has 4 rings (SSSR count). The van der Waals surface area contributed by atoms with Crippen molar-refractivity contribution in [1.29, 1.82) is 0 Å². The number of hydrazine groups is 1. The highest BCUT2D eigenvalue weighted by Crippen LogP contribution is 2.34. The summed E-state index contributed by atoms with van der Waals surface area (Å²) in [5.41, 5.74) is 1.63. The average Bonchev–Trinajstić information content (AvgIpc) is 3.18. The fourth-order valence-electron chi connectivity index (χ4n) is 3.83. The van der Waals surface area contributed by atoms with E-state index in [0.29, 0.717) is 12.1 Å². The van der Waals surface area contributed by atoms with Crippen LogP contribution in [0, 0.1) is 11.6 Å². The van der Waals surface area contributed by atoms with Crippen molar-refractivity contribution in [2.75, 3.05) is 37.6 Å². The van der Waals surface area contributed by atoms with Crippen molar-refractivity contribution in [2.45, 2.75) is 19.8 Å². The molecule has 1 saturated heterocycles. The predicted octanol–water partition coefficient (Wildman–Crippen LogP) is 5.16. The Balaban J connectivity index is 1.48. The summed E-state index contributed by atoms with van der Waals surface area (Å²) in [6.07, 6.45) is 1.90. The lowest BCUT2D eigenvalue weighted by Gasteiger charge is -2.41. The normalized spacial score (nSPS) is 15.0. The van der Waals surface area contributed by atoms with Gasteiger partial charge < -0.3 is 4.90 Å². The molecule has 0 spiro atoms. The van der Waals surface area contributed by atoms with Crippen LogP contribution >= 0.6 is 11.3 Å². The molecule has 30 heavy (non-hydrogen) atoms. The van der Waals surface area contributed by atoms with Gasteiger partial charge >= 0.3 is 0 Å². The maximum atomic E-state index is 13.5. The van der Waals surface area contributed by atoms with E-state index in [-0.39, 0.29) is 17.5 Å². The smallest absolute Gasteiger partial charge is 0.268 e. The Kier molecular flexibility index (Phi) is 6.29. The van der Waals surface area contributed by atoms with Gasteiger partial charge in [-0.3, -0.25) is 9.80 Å². The lowest BCUT2D eigenvalue weighted by Crippen LogP contribution is -2.56. The number of anilines is 1. The minimum Gasteiger partial charge on any atom is -0.368 e. The summed E-state index contributed by atoms with van der Waals surface area (Å²) in [7, 11) is 0. The fourth-order valence-corrected chi connectivity index (χ4v) is 4.83. The molecule has 2 heterocycles. The molecule has 1 amide bonds. The third-order valence-electron chi connectivity index (χ3n) is 5.50. The summed E-state index contributed by atoms with van der Waals surface area (Å²) >= 11 is 1.55. The largest absolute Gasteiger partial charge is 0.368 e. The number of hydrogen-bond acceptors (Lipinski definition) is 4. The van der Waals surface area contributed by atoms with Gasteiger partial charge in [-0.15, -0.1) is 11.3 Å². The highest BCUT2D eigenvalue weighted by Gasteiger charge is 2.27. The monoisotopic (exact) mass is 429 g/mol. The van der Waals surface area contributed by atoms with Crippen molar-refractivity contribution in [3.05, 3.63) is 65.0 Å². The summed E-state index contributed by atoms with van der Waals surface area (Å²) in [4.78, 5) is 15.4. The van der Waals surface area contributed by atoms with Crippen molar-refractivity contribution >= 4 is 33.0 Å². The quantitative estimate of drug-likeness (QED) is 0.542. The molecule has 1 aromatic heterocycles. The van der Waals surface area contributed by atoms with Gasteiger partial charge in [-0.1, -0.05) is 13.3 Å². The van der Waals surface area contributed by atoms with Gasteiger partial charge in [0, 0.05) is 53.8 Å². The highest BCUT2D eigenvalue weighted by molar-refractivity contribution is 7.17. The van der Waals surface area contributed by atoms with Gasteiger partial charge in [0.2, 0.25) is 0 Å². The summed E-state index contributed by atoms with van der Waals surface area (Å²) in [5, 5.41) is 7.07. The molecule has 0 unspecified atom stereocenters. The first-order valence-corrected chi connectivity index (χ1v) is 11.2. The van der Waals surface area contributed by atoms with Crippen LogP contribution in [0.2, 0.25) is 0 Å². The lowest BCUT2D eigenvalue weighted by atomic mass is 10.2. The molecule has 0 atom stereocenters. The molecule has 0 bridgehead atoms. The van der Waals surface area contributed by atoms with E-state index in [1.54, 1.807) is 29.5 Å². The van der Waals surface area contributed by atoms with Crippen molar-refractivity contribution in [3.63, 3.8) is 0 Å². The molecule has 0 aliphatic carbocycles. The minimum absolute atomic E-state index is 0.0895. The van der Waals surface area contributed by atoms with Crippen molar-refractivity contribution in [3.8, 4) is 0 Å². The molecule has 0 N–H and O–H groups in total. The molecule has 7 heteroatoms. The van der Waals surface area contributed by atoms with E-state index < -0.39 is 0 Å². The molecule has 3 aromatic rings. The first kappa shape index (κ1) is 20.8. The minimum atomic E-state index is -0.344. The molecule has 4 nitrogen and oxygen atoms in total. The van der Waals surface area contributed by atoms with Gasteiger partial charge in [-0.25, -0.2) is 13.8 Å². The Labute approximate surface area is 179 Å². The number of benzene rings is 2. The van der Waals surface area contributed by atoms with Gasteiger partial charge in [-0.2, -0.15) is 0 Å². The lowest BCUT2D eigenvalue weighted by molar-refractivity contribution is -0.0143. The third kappa shape index (κ3) is 4.32. The number of carbonyl (C=O) groups is 1. The standard InChI is InChI=1S/C23H25F2N3OS/c1-2-3-10-28(23(29)17-4-6-18(24)7-5-17)27-13-11-26(12-14-27)21-16-30-22-15-19(25)8-9-20(21)22/h4-9,15-16H,2-3,10-14H2,1H3. The van der Waals surface area contributed by atoms with Crippen LogP contribution in [-0.4, -0.2) is 48.6 Å². The zero-order valence-electron chi connectivity index (χ0n) is 17.0. The Morgan fingerprint density at radius 3 is 2.43 bits per heavy atom. The van der Waals surface area contributed by atoms with Crippen molar-refractivity contribution < 1.29 is 13.6 Å². The zero-order valence-corrected chi connectivity index (χ0v) is 17.8. The number of nitrogens with zero attached hydrogens (tertiary/aromatic N) is 3. The Morgan fingerprint density at radius 1 is 1.03 bits per heavy atom. The fraction of sp³-hybridized carbons (Fsp3) is 0.348. The maximum absolute atomic E-state index is 13.5. The summed E-state index contributed by atoms with van der Waals surface area (Å²) < 4.78 is 27.7. The number of piperazine rings is 1. The van der Waals surface area contributed by atoms with Crippen LogP contribution in [0.4, 0.5) is 14.5 Å². The number of amides is 1. The van der Waals surface area contributed by atoms with E-state index in [4.69, 9.17) is 0 Å². The van der Waals surface area contributed by atoms with Gasteiger partial charge in [0.25, 0.3) is 5.91 Å². The number of thiophene rings is 1. The number of carbonyl (C=O) groups excluding carboxylic acids is 1. The van der Waals surface area contributed by atoms with E-state index >= 15 is 0 Å². The number of halogens is 2. The van der Waals surface area contributed by atoms with E-state index in [9.17, 15) is 13.6 Å². The third-order valence-corrected chi connectivity index (χ3v) is 6.44. The second-order valence-corrected chi connectivity index (χ2v) is 8.40. The molecule has 2 aromatic carbocycles.